The van der Waals surface area contributed by atoms with Crippen LogP contribution < -0.4 is 10.2 Å². The lowest BCUT2D eigenvalue weighted by atomic mass is 9.99. The molecule has 0 bridgehead atoms. The number of nitrogens with zero attached hydrogens (tertiary/aromatic N) is 5. The molecule has 1 saturated heterocycles. The Labute approximate surface area is 241 Å². The fourth-order valence-corrected chi connectivity index (χ4v) is 5.35. The van der Waals surface area contributed by atoms with Crippen LogP contribution in [0.3, 0.4) is 0 Å². The third kappa shape index (κ3) is 7.58. The van der Waals surface area contributed by atoms with Crippen LogP contribution in [0.25, 0.3) is 0 Å². The first kappa shape index (κ1) is 30.4. The molecule has 2 atom stereocenters. The summed E-state index contributed by atoms with van der Waals surface area (Å²) >= 11 is 0. The number of urea groups is 1. The van der Waals surface area contributed by atoms with Crippen LogP contribution in [0, 0.1) is 11.3 Å². The highest BCUT2D eigenvalue weighted by molar-refractivity contribution is 6.01. The summed E-state index contributed by atoms with van der Waals surface area (Å²) in [6.45, 7) is 6.23. The molecule has 1 N–H and O–H groups in total. The molecular formula is C30H40N6O5. The second-order valence-corrected chi connectivity index (χ2v) is 10.5. The van der Waals surface area contributed by atoms with Gasteiger partial charge in [-0.3, -0.25) is 15.0 Å². The third-order valence-electron chi connectivity index (χ3n) is 7.65. The van der Waals surface area contributed by atoms with Crippen molar-refractivity contribution in [2.75, 3.05) is 50.7 Å². The van der Waals surface area contributed by atoms with E-state index in [1.165, 1.54) is 6.20 Å². The Hall–Kier alpha value is -3.59. The summed E-state index contributed by atoms with van der Waals surface area (Å²) in [6, 6.07) is 5.63. The number of aryl methyl sites for hydroxylation is 2. The first-order valence-corrected chi connectivity index (χ1v) is 14.2. The molecule has 1 unspecified atom stereocenters. The molecule has 220 valence electrons. The van der Waals surface area contributed by atoms with Crippen molar-refractivity contribution in [2.24, 2.45) is 0 Å². The van der Waals surface area contributed by atoms with Crippen LogP contribution in [0.15, 0.2) is 18.3 Å². The molecule has 0 spiro atoms. The van der Waals surface area contributed by atoms with Crippen LogP contribution in [0.4, 0.5) is 16.4 Å². The van der Waals surface area contributed by atoms with Gasteiger partial charge in [0.2, 0.25) is 5.91 Å². The van der Waals surface area contributed by atoms with Crippen LogP contribution in [0.2, 0.25) is 0 Å². The molecule has 2 aromatic heterocycles. The maximum atomic E-state index is 13.5. The van der Waals surface area contributed by atoms with Gasteiger partial charge in [0.05, 0.1) is 23.5 Å². The van der Waals surface area contributed by atoms with E-state index in [9.17, 15) is 14.9 Å². The van der Waals surface area contributed by atoms with Crippen LogP contribution in [0.1, 0.15) is 73.6 Å². The van der Waals surface area contributed by atoms with Gasteiger partial charge >= 0.3 is 6.03 Å². The average molecular weight is 565 g/mol. The predicted octanol–water partition coefficient (Wildman–Crippen LogP) is 4.15. The van der Waals surface area contributed by atoms with E-state index in [1.807, 2.05) is 6.92 Å². The van der Waals surface area contributed by atoms with Gasteiger partial charge in [-0.1, -0.05) is 0 Å². The molecule has 4 heterocycles. The Balaban J connectivity index is 1.58. The molecule has 11 nitrogen and oxygen atoms in total. The fraction of sp³-hybridized carbons (Fsp3) is 0.567. The maximum absolute atomic E-state index is 13.5. The lowest BCUT2D eigenvalue weighted by molar-refractivity contribution is -0.131. The lowest BCUT2D eigenvalue weighted by Gasteiger charge is -2.31. The van der Waals surface area contributed by atoms with Crippen molar-refractivity contribution in [3.63, 3.8) is 0 Å². The first-order chi connectivity index (χ1) is 19.8. The molecule has 1 fully saturated rings. The van der Waals surface area contributed by atoms with Crippen LogP contribution in [-0.2, 0) is 38.4 Å². The number of hydrogen-bond acceptors (Lipinski definition) is 8. The highest BCUT2D eigenvalue weighted by Gasteiger charge is 2.29. The zero-order valence-corrected chi connectivity index (χ0v) is 24.4. The van der Waals surface area contributed by atoms with Gasteiger partial charge in [0, 0.05) is 60.2 Å². The Bertz CT molecular complexity index is 1270. The second kappa shape index (κ2) is 14.3. The van der Waals surface area contributed by atoms with E-state index < -0.39 is 0 Å². The van der Waals surface area contributed by atoms with Gasteiger partial charge in [-0.15, -0.1) is 0 Å². The minimum atomic E-state index is -0.342. The summed E-state index contributed by atoms with van der Waals surface area (Å²) in [5, 5.41) is 12.4. The molecule has 41 heavy (non-hydrogen) atoms. The van der Waals surface area contributed by atoms with Gasteiger partial charge in [0.15, 0.2) is 0 Å². The van der Waals surface area contributed by atoms with E-state index in [2.05, 4.69) is 22.4 Å². The molecule has 4 rings (SSSR count). The Morgan fingerprint density at radius 3 is 2.80 bits per heavy atom. The molecule has 2 aliphatic heterocycles. The molecule has 11 heteroatoms. The van der Waals surface area contributed by atoms with Crippen molar-refractivity contribution in [3.05, 3.63) is 46.3 Å². The standard InChI is InChI=1S/C30H40N6O5/c1-20(40-4)28-24(18-35(21(2)37)19-26-10-7-13-41-26)14-23-8-5-11-36(29(23)34-28)30(38)33-27-15-22(9-6-12-39-3)25(16-31)17-32-27/h14-15,17,20,26H,5-13,18-19H2,1-4H3,(H,32,33,38)/t20?,26-/m1/s1. The number of pyridine rings is 2. The number of carbonyl (C=O) groups excluding carboxylic acids is 2. The monoisotopic (exact) mass is 564 g/mol. The molecule has 2 aliphatic rings. The minimum absolute atomic E-state index is 0.0215. The van der Waals surface area contributed by atoms with Crippen LogP contribution in [-0.4, -0.2) is 73.4 Å². The number of amides is 3. The molecule has 0 saturated carbocycles. The number of nitrogens with one attached hydrogen (secondary N) is 1. The van der Waals surface area contributed by atoms with E-state index in [4.69, 9.17) is 19.2 Å². The van der Waals surface area contributed by atoms with Crippen molar-refractivity contribution in [1.82, 2.24) is 14.9 Å². The quantitative estimate of drug-likeness (QED) is 0.403. The molecule has 0 aromatic carbocycles. The SMILES string of the molecule is COCCCc1cc(NC(=O)N2CCCc3cc(CN(C[C@H]4CCCO4)C(C)=O)c(C(C)OC)nc32)ncc1C#N. The van der Waals surface area contributed by atoms with Gasteiger partial charge in [0.25, 0.3) is 0 Å². The summed E-state index contributed by atoms with van der Waals surface area (Å²) in [5.74, 6) is 0.937. The highest BCUT2D eigenvalue weighted by atomic mass is 16.5. The molecule has 0 aliphatic carbocycles. The first-order valence-electron chi connectivity index (χ1n) is 14.2. The van der Waals surface area contributed by atoms with Gasteiger partial charge in [0.1, 0.15) is 17.7 Å². The van der Waals surface area contributed by atoms with E-state index in [-0.39, 0.29) is 24.1 Å². The molecular weight excluding hydrogens is 524 g/mol. The number of nitriles is 1. The van der Waals surface area contributed by atoms with Gasteiger partial charge in [-0.25, -0.2) is 14.8 Å². The maximum Gasteiger partial charge on any atom is 0.328 e. The number of anilines is 2. The lowest BCUT2D eigenvalue weighted by Crippen LogP contribution is -2.40. The number of ether oxygens (including phenoxy) is 3. The van der Waals surface area contributed by atoms with E-state index in [0.29, 0.717) is 55.6 Å². The van der Waals surface area contributed by atoms with Crippen molar-refractivity contribution in [1.29, 1.82) is 5.26 Å². The Morgan fingerprint density at radius 2 is 2.12 bits per heavy atom. The summed E-state index contributed by atoms with van der Waals surface area (Å²) in [6.07, 6.45) is 6.08. The van der Waals surface area contributed by atoms with Crippen LogP contribution in [0.5, 0.6) is 0 Å². The predicted molar refractivity (Wildman–Crippen MR) is 154 cm³/mol. The fourth-order valence-electron chi connectivity index (χ4n) is 5.35. The van der Waals surface area contributed by atoms with Gasteiger partial charge in [-0.05, 0) is 74.3 Å². The van der Waals surface area contributed by atoms with Crippen molar-refractivity contribution >= 4 is 23.6 Å². The third-order valence-corrected chi connectivity index (χ3v) is 7.65. The molecule has 2 aromatic rings. The zero-order valence-electron chi connectivity index (χ0n) is 24.4. The summed E-state index contributed by atoms with van der Waals surface area (Å²) < 4.78 is 16.6. The number of rotatable bonds is 11. The van der Waals surface area contributed by atoms with Crippen LogP contribution >= 0.6 is 0 Å². The number of aromatic nitrogens is 2. The zero-order chi connectivity index (χ0) is 29.4. The Morgan fingerprint density at radius 1 is 1.29 bits per heavy atom. The number of hydrogen-bond donors (Lipinski definition) is 1. The van der Waals surface area contributed by atoms with Crippen molar-refractivity contribution in [3.8, 4) is 6.07 Å². The topological polar surface area (TPSA) is 130 Å². The van der Waals surface area contributed by atoms with E-state index in [0.717, 1.165) is 55.4 Å². The largest absolute Gasteiger partial charge is 0.385 e. The van der Waals surface area contributed by atoms with Crippen molar-refractivity contribution < 1.29 is 23.8 Å². The summed E-state index contributed by atoms with van der Waals surface area (Å²) in [4.78, 5) is 38.8. The number of methoxy groups -OCH3 is 2. The Kier molecular flexibility index (Phi) is 10.6. The van der Waals surface area contributed by atoms with E-state index in [1.54, 1.807) is 37.0 Å². The number of fused-ring (bicyclic) bond motifs is 1. The normalized spacial score (nSPS) is 17.0. The van der Waals surface area contributed by atoms with Gasteiger partial charge < -0.3 is 19.1 Å². The second-order valence-electron chi connectivity index (χ2n) is 10.5. The molecule has 3 amide bonds. The molecule has 0 radical (unpaired) electrons. The summed E-state index contributed by atoms with van der Waals surface area (Å²) in [5.41, 5.74) is 3.84. The summed E-state index contributed by atoms with van der Waals surface area (Å²) in [7, 11) is 3.26. The highest BCUT2D eigenvalue weighted by Crippen LogP contribution is 2.32. The van der Waals surface area contributed by atoms with Gasteiger partial charge in [-0.2, -0.15) is 5.26 Å². The smallest absolute Gasteiger partial charge is 0.328 e. The average Bonchev–Trinajstić information content (AvgIpc) is 3.49. The van der Waals surface area contributed by atoms with E-state index >= 15 is 0 Å². The minimum Gasteiger partial charge on any atom is -0.385 e. The number of carbonyl (C=O) groups is 2. The van der Waals surface area contributed by atoms with Crippen molar-refractivity contribution in [2.45, 2.75) is 71.1 Å².